The first-order chi connectivity index (χ1) is 11.5. The summed E-state index contributed by atoms with van der Waals surface area (Å²) in [5.74, 6) is 0.980. The predicted octanol–water partition coefficient (Wildman–Crippen LogP) is -0.141. The monoisotopic (exact) mass is 331 g/mol. The molecule has 2 fully saturated rings. The largest absolute Gasteiger partial charge is 0.353 e. The average Bonchev–Trinajstić information content (AvgIpc) is 2.58. The van der Waals surface area contributed by atoms with E-state index in [4.69, 9.17) is 0 Å². The van der Waals surface area contributed by atoms with E-state index in [1.165, 1.54) is 5.56 Å². The number of pyridine rings is 1. The Bertz CT molecular complexity index is 613. The number of carbonyl (C=O) groups is 2. The molecule has 1 N–H and O–H groups in total. The number of carbonyl (C=O) groups excluding carboxylic acids is 2. The van der Waals surface area contributed by atoms with Gasteiger partial charge >= 0.3 is 0 Å². The molecule has 2 amide bonds. The number of piperazine rings is 2. The fourth-order valence-corrected chi connectivity index (χ4v) is 3.25. The van der Waals surface area contributed by atoms with Gasteiger partial charge in [-0.3, -0.25) is 14.5 Å². The predicted molar refractivity (Wildman–Crippen MR) is 91.8 cm³/mol. The molecule has 0 radical (unpaired) electrons. The lowest BCUT2D eigenvalue weighted by Gasteiger charge is -2.37. The zero-order valence-electron chi connectivity index (χ0n) is 14.4. The zero-order chi connectivity index (χ0) is 17.1. The van der Waals surface area contributed by atoms with Crippen molar-refractivity contribution >= 4 is 17.6 Å². The van der Waals surface area contributed by atoms with Gasteiger partial charge in [-0.15, -0.1) is 0 Å². The zero-order valence-corrected chi connectivity index (χ0v) is 14.4. The first kappa shape index (κ1) is 16.7. The summed E-state index contributed by atoms with van der Waals surface area (Å²) in [6, 6.07) is 3.70. The lowest BCUT2D eigenvalue weighted by atomic mass is 10.1. The Morgan fingerprint density at radius 2 is 2.04 bits per heavy atom. The summed E-state index contributed by atoms with van der Waals surface area (Å²) >= 11 is 0. The van der Waals surface area contributed by atoms with E-state index in [9.17, 15) is 9.59 Å². The molecule has 7 nitrogen and oxygen atoms in total. The Labute approximate surface area is 142 Å². The second-order valence-corrected chi connectivity index (χ2v) is 6.55. The number of hydrogen-bond acceptors (Lipinski definition) is 5. The molecule has 2 saturated heterocycles. The van der Waals surface area contributed by atoms with E-state index in [2.05, 4.69) is 28.2 Å². The number of aromatic nitrogens is 1. The lowest BCUT2D eigenvalue weighted by Crippen LogP contribution is -2.56. The summed E-state index contributed by atoms with van der Waals surface area (Å²) in [7, 11) is 1.90. The summed E-state index contributed by atoms with van der Waals surface area (Å²) in [6.45, 7) is 6.39. The van der Waals surface area contributed by atoms with Gasteiger partial charge in [-0.05, 0) is 31.7 Å². The fourth-order valence-electron chi connectivity index (χ4n) is 3.25. The highest BCUT2D eigenvalue weighted by molar-refractivity contribution is 5.88. The van der Waals surface area contributed by atoms with Crippen molar-refractivity contribution in [3.8, 4) is 0 Å². The molecule has 24 heavy (non-hydrogen) atoms. The van der Waals surface area contributed by atoms with Crippen LogP contribution >= 0.6 is 0 Å². The number of nitrogens with zero attached hydrogens (tertiary/aromatic N) is 4. The molecule has 3 rings (SSSR count). The normalized spacial score (nSPS) is 22.4. The SMILES string of the molecule is Cc1ccnc(N2CCN(C(=O)CC3C(=O)NCCN3C)CC2)c1. The van der Waals surface area contributed by atoms with Crippen LogP contribution in [0.25, 0.3) is 0 Å². The number of nitrogens with one attached hydrogen (secondary N) is 1. The summed E-state index contributed by atoms with van der Waals surface area (Å²) in [4.78, 5) is 34.9. The van der Waals surface area contributed by atoms with Crippen LogP contribution in [0.5, 0.6) is 0 Å². The molecule has 2 aliphatic rings. The van der Waals surface area contributed by atoms with Crippen molar-refractivity contribution in [3.05, 3.63) is 23.9 Å². The molecule has 0 aliphatic carbocycles. The maximum atomic E-state index is 12.5. The van der Waals surface area contributed by atoms with Crippen molar-refractivity contribution in [2.75, 3.05) is 51.2 Å². The van der Waals surface area contributed by atoms with Crippen LogP contribution in [0.4, 0.5) is 5.82 Å². The Morgan fingerprint density at radius 3 is 2.71 bits per heavy atom. The second kappa shape index (κ2) is 7.17. The minimum atomic E-state index is -0.345. The number of likely N-dealkylation sites (N-methyl/N-ethyl adjacent to an activating group) is 1. The smallest absolute Gasteiger partial charge is 0.237 e. The van der Waals surface area contributed by atoms with Crippen LogP contribution in [-0.2, 0) is 9.59 Å². The van der Waals surface area contributed by atoms with Crippen LogP contribution in [-0.4, -0.2) is 79.0 Å². The van der Waals surface area contributed by atoms with Gasteiger partial charge in [-0.25, -0.2) is 4.98 Å². The number of aryl methyl sites for hydroxylation is 1. The van der Waals surface area contributed by atoms with Gasteiger partial charge in [-0.1, -0.05) is 0 Å². The van der Waals surface area contributed by atoms with Gasteiger partial charge < -0.3 is 15.1 Å². The topological polar surface area (TPSA) is 68.8 Å². The maximum absolute atomic E-state index is 12.5. The number of rotatable bonds is 3. The number of anilines is 1. The molecule has 7 heteroatoms. The summed E-state index contributed by atoms with van der Waals surface area (Å²) in [5.41, 5.74) is 1.19. The summed E-state index contributed by atoms with van der Waals surface area (Å²) < 4.78 is 0. The summed E-state index contributed by atoms with van der Waals surface area (Å²) in [5, 5.41) is 2.84. The van der Waals surface area contributed by atoms with Crippen LogP contribution in [0.15, 0.2) is 18.3 Å². The Hall–Kier alpha value is -2.15. The third-order valence-corrected chi connectivity index (χ3v) is 4.82. The third-order valence-electron chi connectivity index (χ3n) is 4.82. The first-order valence-corrected chi connectivity index (χ1v) is 8.48. The van der Waals surface area contributed by atoms with Crippen LogP contribution < -0.4 is 10.2 Å². The van der Waals surface area contributed by atoms with Gasteiger partial charge in [0.25, 0.3) is 0 Å². The number of hydrogen-bond donors (Lipinski definition) is 1. The molecule has 1 atom stereocenters. The standard InChI is InChI=1S/C17H25N5O2/c1-13-3-4-18-15(11-13)21-7-9-22(10-8-21)16(23)12-14-17(24)19-5-6-20(14)2/h3-4,11,14H,5-10,12H2,1-2H3,(H,19,24). The van der Waals surface area contributed by atoms with Crippen molar-refractivity contribution in [3.63, 3.8) is 0 Å². The van der Waals surface area contributed by atoms with E-state index in [0.717, 1.165) is 25.5 Å². The van der Waals surface area contributed by atoms with Crippen LogP contribution in [0.2, 0.25) is 0 Å². The molecule has 0 spiro atoms. The molecule has 3 heterocycles. The van der Waals surface area contributed by atoms with E-state index >= 15 is 0 Å². The van der Waals surface area contributed by atoms with Crippen molar-refractivity contribution in [2.45, 2.75) is 19.4 Å². The Morgan fingerprint density at radius 1 is 1.29 bits per heavy atom. The molecule has 1 aromatic heterocycles. The maximum Gasteiger partial charge on any atom is 0.237 e. The van der Waals surface area contributed by atoms with Gasteiger partial charge in [0.1, 0.15) is 5.82 Å². The van der Waals surface area contributed by atoms with Gasteiger partial charge in [0, 0.05) is 45.5 Å². The highest BCUT2D eigenvalue weighted by Gasteiger charge is 2.31. The molecule has 0 saturated carbocycles. The van der Waals surface area contributed by atoms with E-state index in [-0.39, 0.29) is 24.3 Å². The van der Waals surface area contributed by atoms with Gasteiger partial charge in [0.2, 0.25) is 11.8 Å². The molecule has 130 valence electrons. The van der Waals surface area contributed by atoms with Crippen molar-refractivity contribution in [1.29, 1.82) is 0 Å². The molecular weight excluding hydrogens is 306 g/mol. The molecule has 0 aromatic carbocycles. The quantitative estimate of drug-likeness (QED) is 0.835. The Balaban J connectivity index is 1.54. The van der Waals surface area contributed by atoms with E-state index in [1.54, 1.807) is 0 Å². The molecule has 1 aromatic rings. The van der Waals surface area contributed by atoms with Crippen LogP contribution in [0, 0.1) is 6.92 Å². The van der Waals surface area contributed by atoms with E-state index in [0.29, 0.717) is 19.6 Å². The highest BCUT2D eigenvalue weighted by atomic mass is 16.2. The van der Waals surface area contributed by atoms with Crippen molar-refractivity contribution < 1.29 is 9.59 Å². The van der Waals surface area contributed by atoms with Gasteiger partial charge in [0.15, 0.2) is 0 Å². The molecular formula is C17H25N5O2. The van der Waals surface area contributed by atoms with Gasteiger partial charge in [0.05, 0.1) is 12.5 Å². The minimum Gasteiger partial charge on any atom is -0.353 e. The minimum absolute atomic E-state index is 0.0419. The van der Waals surface area contributed by atoms with Gasteiger partial charge in [-0.2, -0.15) is 0 Å². The summed E-state index contributed by atoms with van der Waals surface area (Å²) in [6.07, 6.45) is 2.07. The lowest BCUT2D eigenvalue weighted by molar-refractivity contribution is -0.138. The fraction of sp³-hybridized carbons (Fsp3) is 0.588. The first-order valence-electron chi connectivity index (χ1n) is 8.48. The molecule has 2 aliphatic heterocycles. The second-order valence-electron chi connectivity index (χ2n) is 6.55. The Kier molecular flexibility index (Phi) is 4.99. The van der Waals surface area contributed by atoms with Crippen molar-refractivity contribution in [1.82, 2.24) is 20.1 Å². The van der Waals surface area contributed by atoms with Crippen molar-refractivity contribution in [2.24, 2.45) is 0 Å². The highest BCUT2D eigenvalue weighted by Crippen LogP contribution is 2.16. The molecule has 0 bridgehead atoms. The van der Waals surface area contributed by atoms with Crippen LogP contribution in [0.1, 0.15) is 12.0 Å². The molecule has 1 unspecified atom stereocenters. The van der Waals surface area contributed by atoms with E-state index in [1.807, 2.05) is 29.1 Å². The van der Waals surface area contributed by atoms with Crippen LogP contribution in [0.3, 0.4) is 0 Å². The number of amides is 2. The van der Waals surface area contributed by atoms with E-state index < -0.39 is 0 Å². The average molecular weight is 331 g/mol. The third kappa shape index (κ3) is 3.67.